The maximum Gasteiger partial charge on any atom is 0.276 e. The van der Waals surface area contributed by atoms with E-state index in [1.54, 1.807) is 19.2 Å². The average Bonchev–Trinajstić information content (AvgIpc) is 3.27. The largest absolute Gasteiger partial charge is 0.370 e. The second-order valence-electron chi connectivity index (χ2n) is 7.11. The molecule has 0 radical (unpaired) electrons. The van der Waals surface area contributed by atoms with Crippen molar-refractivity contribution in [2.24, 2.45) is 0 Å². The number of carbonyl (C=O) groups is 1. The van der Waals surface area contributed by atoms with Crippen molar-refractivity contribution in [3.8, 4) is 0 Å². The minimum absolute atomic E-state index is 0.0290. The summed E-state index contributed by atoms with van der Waals surface area (Å²) in [5, 5.41) is 3.85. The van der Waals surface area contributed by atoms with Crippen molar-refractivity contribution in [2.45, 2.75) is 44.5 Å². The third-order valence-electron chi connectivity index (χ3n) is 5.04. The second kappa shape index (κ2) is 7.17. The van der Waals surface area contributed by atoms with E-state index in [1.807, 2.05) is 23.1 Å². The number of hydrogen-bond acceptors (Lipinski definition) is 6. The van der Waals surface area contributed by atoms with Crippen LogP contribution in [0, 0.1) is 6.92 Å². The molecule has 0 aromatic carbocycles. The van der Waals surface area contributed by atoms with E-state index in [0.717, 1.165) is 31.5 Å². The Morgan fingerprint density at radius 2 is 2.38 bits per heavy atom. The second-order valence-corrected chi connectivity index (χ2v) is 7.11. The summed E-state index contributed by atoms with van der Waals surface area (Å²) in [5.74, 6) is 0.544. The molecule has 7 heteroatoms. The van der Waals surface area contributed by atoms with Crippen LogP contribution in [-0.4, -0.2) is 52.3 Å². The number of pyridine rings is 1. The van der Waals surface area contributed by atoms with Crippen LogP contribution in [-0.2, 0) is 16.1 Å². The number of hydrogen-bond donors (Lipinski definition) is 0. The fraction of sp³-hybridized carbons (Fsp3) is 0.526. The Hall–Kier alpha value is -2.25. The number of piperidine rings is 1. The number of carbonyl (C=O) groups excluding carboxylic acids is 1. The predicted octanol–water partition coefficient (Wildman–Crippen LogP) is 2.36. The minimum atomic E-state index is -0.318. The third-order valence-corrected chi connectivity index (χ3v) is 5.04. The van der Waals surface area contributed by atoms with Gasteiger partial charge in [0.15, 0.2) is 5.69 Å². The van der Waals surface area contributed by atoms with Gasteiger partial charge in [-0.25, -0.2) is 0 Å². The Kier molecular flexibility index (Phi) is 4.74. The van der Waals surface area contributed by atoms with Crippen molar-refractivity contribution in [1.82, 2.24) is 15.0 Å². The van der Waals surface area contributed by atoms with Gasteiger partial charge in [0.1, 0.15) is 5.76 Å². The standard InChI is InChI=1S/C19H23N3O4/c1-14-9-17(21-26-14)18(23)22-8-4-6-19(13-22)10-16(12-25-19)24-11-15-5-2-3-7-20-15/h2-3,5,7,9,16H,4,6,8,10-13H2,1H3/t16-,19+/m1/s1. The van der Waals surface area contributed by atoms with Crippen molar-refractivity contribution in [3.05, 3.63) is 47.6 Å². The number of ether oxygens (including phenoxy) is 2. The van der Waals surface area contributed by atoms with Gasteiger partial charge in [0, 0.05) is 25.2 Å². The van der Waals surface area contributed by atoms with Gasteiger partial charge in [-0.05, 0) is 31.9 Å². The molecule has 138 valence electrons. The summed E-state index contributed by atoms with van der Waals surface area (Å²) < 4.78 is 17.1. The lowest BCUT2D eigenvalue weighted by Gasteiger charge is -2.39. The molecule has 2 aliphatic rings. The number of aromatic nitrogens is 2. The smallest absolute Gasteiger partial charge is 0.276 e. The van der Waals surface area contributed by atoms with Gasteiger partial charge in [-0.3, -0.25) is 9.78 Å². The zero-order chi connectivity index (χ0) is 18.0. The first-order chi connectivity index (χ1) is 12.6. The zero-order valence-corrected chi connectivity index (χ0v) is 14.9. The van der Waals surface area contributed by atoms with Crippen LogP contribution in [0.25, 0.3) is 0 Å². The molecule has 0 unspecified atom stereocenters. The van der Waals surface area contributed by atoms with E-state index in [4.69, 9.17) is 14.0 Å². The van der Waals surface area contributed by atoms with Crippen molar-refractivity contribution < 1.29 is 18.8 Å². The maximum absolute atomic E-state index is 12.7. The molecule has 2 fully saturated rings. The Labute approximate surface area is 152 Å². The van der Waals surface area contributed by atoms with E-state index < -0.39 is 0 Å². The highest BCUT2D eigenvalue weighted by Gasteiger charge is 2.45. The van der Waals surface area contributed by atoms with Gasteiger partial charge < -0.3 is 18.9 Å². The van der Waals surface area contributed by atoms with Crippen molar-refractivity contribution in [3.63, 3.8) is 0 Å². The number of rotatable bonds is 4. The molecule has 2 aliphatic heterocycles. The first kappa shape index (κ1) is 17.2. The zero-order valence-electron chi connectivity index (χ0n) is 14.9. The molecule has 2 saturated heterocycles. The molecule has 0 bridgehead atoms. The van der Waals surface area contributed by atoms with Gasteiger partial charge in [-0.2, -0.15) is 0 Å². The summed E-state index contributed by atoms with van der Waals surface area (Å²) in [6, 6.07) is 7.47. The highest BCUT2D eigenvalue weighted by Crippen LogP contribution is 2.36. The number of nitrogens with zero attached hydrogens (tertiary/aromatic N) is 3. The van der Waals surface area contributed by atoms with Crippen LogP contribution < -0.4 is 0 Å². The Morgan fingerprint density at radius 1 is 1.46 bits per heavy atom. The predicted molar refractivity (Wildman–Crippen MR) is 92.5 cm³/mol. The maximum atomic E-state index is 12.7. The minimum Gasteiger partial charge on any atom is -0.370 e. The number of aryl methyl sites for hydroxylation is 1. The molecule has 0 N–H and O–H groups in total. The summed E-state index contributed by atoms with van der Waals surface area (Å²) in [6.07, 6.45) is 4.44. The molecule has 26 heavy (non-hydrogen) atoms. The summed E-state index contributed by atoms with van der Waals surface area (Å²) in [5.41, 5.74) is 0.956. The fourth-order valence-electron chi connectivity index (χ4n) is 3.78. The first-order valence-corrected chi connectivity index (χ1v) is 9.02. The molecule has 0 saturated carbocycles. The molecular formula is C19H23N3O4. The van der Waals surface area contributed by atoms with Crippen LogP contribution >= 0.6 is 0 Å². The summed E-state index contributed by atoms with van der Waals surface area (Å²) >= 11 is 0. The lowest BCUT2D eigenvalue weighted by atomic mass is 9.89. The van der Waals surface area contributed by atoms with Crippen LogP contribution in [0.5, 0.6) is 0 Å². The number of likely N-dealkylation sites (tertiary alicyclic amines) is 1. The summed E-state index contributed by atoms with van der Waals surface area (Å²) in [4.78, 5) is 18.8. The average molecular weight is 357 g/mol. The van der Waals surface area contributed by atoms with Crippen molar-refractivity contribution in [2.75, 3.05) is 19.7 Å². The van der Waals surface area contributed by atoms with Crippen molar-refractivity contribution >= 4 is 5.91 Å². The Morgan fingerprint density at radius 3 is 3.15 bits per heavy atom. The molecule has 2 aromatic heterocycles. The molecule has 4 heterocycles. The van der Waals surface area contributed by atoms with Crippen LogP contribution in [0.1, 0.15) is 41.2 Å². The first-order valence-electron chi connectivity index (χ1n) is 9.02. The molecule has 1 spiro atoms. The molecule has 0 aliphatic carbocycles. The van der Waals surface area contributed by atoms with Crippen LogP contribution in [0.2, 0.25) is 0 Å². The SMILES string of the molecule is Cc1cc(C(=O)N2CCC[C@]3(C[C@@H](OCc4ccccn4)CO3)C2)no1. The monoisotopic (exact) mass is 357 g/mol. The lowest BCUT2D eigenvalue weighted by molar-refractivity contribution is -0.0468. The van der Waals surface area contributed by atoms with E-state index in [2.05, 4.69) is 10.1 Å². The summed E-state index contributed by atoms with van der Waals surface area (Å²) in [6.45, 7) is 4.10. The molecule has 2 atom stereocenters. The topological polar surface area (TPSA) is 77.7 Å². The van der Waals surface area contributed by atoms with Gasteiger partial charge in [0.25, 0.3) is 5.91 Å². The van der Waals surface area contributed by atoms with Crippen LogP contribution in [0.15, 0.2) is 35.0 Å². The normalized spacial score (nSPS) is 25.7. The van der Waals surface area contributed by atoms with Gasteiger partial charge >= 0.3 is 0 Å². The third kappa shape index (κ3) is 3.64. The van der Waals surface area contributed by atoms with Crippen LogP contribution in [0.4, 0.5) is 0 Å². The van der Waals surface area contributed by atoms with E-state index in [9.17, 15) is 4.79 Å². The highest BCUT2D eigenvalue weighted by molar-refractivity contribution is 5.92. The molecule has 2 aromatic rings. The number of amides is 1. The fourth-order valence-corrected chi connectivity index (χ4v) is 3.78. The Bertz CT molecular complexity index is 763. The van der Waals surface area contributed by atoms with Gasteiger partial charge in [0.2, 0.25) is 0 Å². The lowest BCUT2D eigenvalue weighted by Crippen LogP contribution is -2.50. The van der Waals surface area contributed by atoms with Gasteiger partial charge in [0.05, 0.1) is 37.2 Å². The van der Waals surface area contributed by atoms with Gasteiger partial charge in [-0.1, -0.05) is 11.2 Å². The van der Waals surface area contributed by atoms with Crippen LogP contribution in [0.3, 0.4) is 0 Å². The summed E-state index contributed by atoms with van der Waals surface area (Å²) in [7, 11) is 0. The molecule has 1 amide bonds. The van der Waals surface area contributed by atoms with Gasteiger partial charge in [-0.15, -0.1) is 0 Å². The Balaban J connectivity index is 1.35. The van der Waals surface area contributed by atoms with Crippen molar-refractivity contribution in [1.29, 1.82) is 0 Å². The molecule has 4 rings (SSSR count). The van der Waals surface area contributed by atoms with E-state index in [-0.39, 0.29) is 17.6 Å². The molecule has 7 nitrogen and oxygen atoms in total. The molecular weight excluding hydrogens is 334 g/mol. The van der Waals surface area contributed by atoms with E-state index in [0.29, 0.717) is 31.2 Å². The highest BCUT2D eigenvalue weighted by atomic mass is 16.6. The van der Waals surface area contributed by atoms with E-state index in [1.165, 1.54) is 0 Å². The van der Waals surface area contributed by atoms with E-state index >= 15 is 0 Å². The quantitative estimate of drug-likeness (QED) is 0.836.